The molecule has 2 aromatic rings. The lowest BCUT2D eigenvalue weighted by atomic mass is 9.90. The molecule has 0 radical (unpaired) electrons. The summed E-state index contributed by atoms with van der Waals surface area (Å²) in [7, 11) is 0. The maximum absolute atomic E-state index is 12.7. The van der Waals surface area contributed by atoms with Crippen molar-refractivity contribution in [3.63, 3.8) is 0 Å². The molecule has 3 aliphatic rings. The molecule has 1 aromatic heterocycles. The fourth-order valence-corrected chi connectivity index (χ4v) is 5.16. The van der Waals surface area contributed by atoms with Crippen molar-refractivity contribution in [2.45, 2.75) is 25.3 Å². The second kappa shape index (κ2) is 7.55. The smallest absolute Gasteiger partial charge is 0.321 e. The van der Waals surface area contributed by atoms with Gasteiger partial charge in [-0.2, -0.15) is 0 Å². The highest BCUT2D eigenvalue weighted by molar-refractivity contribution is 6.02. The van der Waals surface area contributed by atoms with Crippen LogP contribution in [0.1, 0.15) is 29.8 Å². The third kappa shape index (κ3) is 3.62. The topological polar surface area (TPSA) is 77.8 Å². The molecule has 7 heteroatoms. The molecule has 2 N–H and O–H groups in total. The van der Waals surface area contributed by atoms with Gasteiger partial charge in [-0.15, -0.1) is 0 Å². The fourth-order valence-electron chi connectivity index (χ4n) is 5.16. The van der Waals surface area contributed by atoms with Crippen molar-refractivity contribution in [1.82, 2.24) is 9.80 Å². The number of amides is 3. The summed E-state index contributed by atoms with van der Waals surface area (Å²) in [6.07, 6.45) is 5.38. The number of carbonyl (C=O) groups excluding carboxylic acids is 2. The highest BCUT2D eigenvalue weighted by Crippen LogP contribution is 2.40. The predicted molar refractivity (Wildman–Crippen MR) is 110 cm³/mol. The van der Waals surface area contributed by atoms with Crippen molar-refractivity contribution < 1.29 is 14.0 Å². The third-order valence-corrected chi connectivity index (χ3v) is 6.55. The van der Waals surface area contributed by atoms with E-state index in [1.165, 1.54) is 32.1 Å². The van der Waals surface area contributed by atoms with Gasteiger partial charge in [-0.05, 0) is 67.6 Å². The second-order valence-electron chi connectivity index (χ2n) is 8.33. The fraction of sp³-hybridized carbons (Fsp3) is 0.455. The SMILES string of the molecule is O=C(Nc1ccc(NC(=O)N2C[C@@H]3CN4CCCC[C@H]4[C@@H]3C2)cc1)c1ccco1. The molecule has 7 nitrogen and oxygen atoms in total. The van der Waals surface area contributed by atoms with Gasteiger partial charge in [0.05, 0.1) is 6.26 Å². The Hall–Kier alpha value is -2.80. The van der Waals surface area contributed by atoms with Crippen molar-refractivity contribution >= 4 is 23.3 Å². The van der Waals surface area contributed by atoms with Gasteiger partial charge in [0.25, 0.3) is 5.91 Å². The van der Waals surface area contributed by atoms with E-state index >= 15 is 0 Å². The first-order valence-corrected chi connectivity index (χ1v) is 10.4. The van der Waals surface area contributed by atoms with Crippen LogP contribution in [0.25, 0.3) is 0 Å². The maximum Gasteiger partial charge on any atom is 0.321 e. The molecular formula is C22H26N4O3. The first kappa shape index (κ1) is 18.2. The Morgan fingerprint density at radius 1 is 0.966 bits per heavy atom. The third-order valence-electron chi connectivity index (χ3n) is 6.55. The summed E-state index contributed by atoms with van der Waals surface area (Å²) in [5.74, 6) is 1.20. The summed E-state index contributed by atoms with van der Waals surface area (Å²) >= 11 is 0. The Balaban J connectivity index is 1.16. The number of urea groups is 1. The molecule has 5 rings (SSSR count). The lowest BCUT2D eigenvalue weighted by molar-refractivity contribution is 0.0996. The van der Waals surface area contributed by atoms with Crippen LogP contribution in [0.2, 0.25) is 0 Å². The summed E-state index contributed by atoms with van der Waals surface area (Å²) in [5.41, 5.74) is 1.37. The van der Waals surface area contributed by atoms with Crippen molar-refractivity contribution in [2.24, 2.45) is 11.8 Å². The van der Waals surface area contributed by atoms with E-state index in [1.807, 2.05) is 4.90 Å². The standard InChI is InChI=1S/C22H26N4O3/c27-21(20-5-3-11-29-20)23-16-6-8-17(9-7-16)24-22(28)26-13-15-12-25-10-2-1-4-19(25)18(15)14-26/h3,5-9,11,15,18-19H,1-2,4,10,12-14H2,(H,23,27)(H,24,28)/t15-,18+,19-/m0/s1. The van der Waals surface area contributed by atoms with Crippen LogP contribution < -0.4 is 10.6 Å². The number of nitrogens with zero attached hydrogens (tertiary/aromatic N) is 2. The molecule has 29 heavy (non-hydrogen) atoms. The van der Waals surface area contributed by atoms with Gasteiger partial charge in [-0.3, -0.25) is 9.69 Å². The highest BCUT2D eigenvalue weighted by Gasteiger charge is 2.48. The number of benzene rings is 1. The maximum atomic E-state index is 12.7. The number of hydrogen-bond donors (Lipinski definition) is 2. The van der Waals surface area contributed by atoms with Gasteiger partial charge in [-0.1, -0.05) is 6.42 Å². The lowest BCUT2D eigenvalue weighted by Crippen LogP contribution is -2.41. The number of likely N-dealkylation sites (tertiary alicyclic amines) is 1. The zero-order chi connectivity index (χ0) is 19.8. The summed E-state index contributed by atoms with van der Waals surface area (Å²) in [6.45, 7) is 4.07. The number of nitrogens with one attached hydrogen (secondary N) is 2. The average molecular weight is 394 g/mol. The minimum atomic E-state index is -0.299. The normalized spacial score (nSPS) is 26.1. The molecule has 1 aromatic carbocycles. The van der Waals surface area contributed by atoms with Gasteiger partial charge >= 0.3 is 6.03 Å². The minimum absolute atomic E-state index is 0.0332. The Morgan fingerprint density at radius 2 is 1.76 bits per heavy atom. The van der Waals surface area contributed by atoms with Gasteiger partial charge in [0, 0.05) is 37.1 Å². The molecule has 0 saturated carbocycles. The number of furan rings is 1. The van der Waals surface area contributed by atoms with Gasteiger partial charge in [-0.25, -0.2) is 4.79 Å². The second-order valence-corrected chi connectivity index (χ2v) is 8.33. The highest BCUT2D eigenvalue weighted by atomic mass is 16.3. The van der Waals surface area contributed by atoms with Crippen LogP contribution in [0.4, 0.5) is 16.2 Å². The van der Waals surface area contributed by atoms with E-state index in [0.717, 1.165) is 25.3 Å². The van der Waals surface area contributed by atoms with E-state index in [-0.39, 0.29) is 17.7 Å². The van der Waals surface area contributed by atoms with Crippen molar-refractivity contribution in [3.8, 4) is 0 Å². The van der Waals surface area contributed by atoms with E-state index < -0.39 is 0 Å². The van der Waals surface area contributed by atoms with Crippen LogP contribution in [0.5, 0.6) is 0 Å². The number of anilines is 2. The Bertz CT molecular complexity index is 880. The molecule has 0 unspecified atom stereocenters. The molecule has 152 valence electrons. The molecule has 3 fully saturated rings. The Morgan fingerprint density at radius 3 is 2.52 bits per heavy atom. The number of hydrogen-bond acceptors (Lipinski definition) is 4. The molecule has 3 atom stereocenters. The van der Waals surface area contributed by atoms with Gasteiger partial charge < -0.3 is 20.0 Å². The Labute approximate surface area is 170 Å². The van der Waals surface area contributed by atoms with E-state index in [0.29, 0.717) is 23.6 Å². The van der Waals surface area contributed by atoms with Crippen molar-refractivity contribution in [3.05, 3.63) is 48.4 Å². The van der Waals surface area contributed by atoms with Gasteiger partial charge in [0.2, 0.25) is 0 Å². The van der Waals surface area contributed by atoms with Crippen molar-refractivity contribution in [2.75, 3.05) is 36.8 Å². The van der Waals surface area contributed by atoms with E-state index in [1.54, 1.807) is 36.4 Å². The van der Waals surface area contributed by atoms with Crippen LogP contribution in [-0.4, -0.2) is 54.0 Å². The zero-order valence-electron chi connectivity index (χ0n) is 16.3. The lowest BCUT2D eigenvalue weighted by Gasteiger charge is -2.33. The molecule has 3 aliphatic heterocycles. The van der Waals surface area contributed by atoms with Gasteiger partial charge in [0.15, 0.2) is 5.76 Å². The van der Waals surface area contributed by atoms with Crippen LogP contribution >= 0.6 is 0 Å². The molecule has 3 saturated heterocycles. The predicted octanol–water partition coefficient (Wildman–Crippen LogP) is 3.48. The molecular weight excluding hydrogens is 368 g/mol. The molecule has 0 aliphatic carbocycles. The molecule has 0 bridgehead atoms. The summed E-state index contributed by atoms with van der Waals surface area (Å²) in [4.78, 5) is 29.4. The van der Waals surface area contributed by atoms with Crippen LogP contribution in [0, 0.1) is 11.8 Å². The van der Waals surface area contributed by atoms with E-state index in [2.05, 4.69) is 15.5 Å². The monoisotopic (exact) mass is 394 g/mol. The summed E-state index contributed by atoms with van der Waals surface area (Å²) in [6, 6.07) is 11.1. The molecule has 4 heterocycles. The quantitative estimate of drug-likeness (QED) is 0.836. The minimum Gasteiger partial charge on any atom is -0.459 e. The van der Waals surface area contributed by atoms with Crippen molar-refractivity contribution in [1.29, 1.82) is 0 Å². The average Bonchev–Trinajstić information content (AvgIpc) is 3.45. The molecule has 0 spiro atoms. The van der Waals surface area contributed by atoms with Crippen LogP contribution in [0.15, 0.2) is 47.1 Å². The Kier molecular flexibility index (Phi) is 4.75. The first-order chi connectivity index (χ1) is 14.2. The zero-order valence-corrected chi connectivity index (χ0v) is 16.3. The number of piperidine rings is 1. The largest absolute Gasteiger partial charge is 0.459 e. The van der Waals surface area contributed by atoms with E-state index in [9.17, 15) is 9.59 Å². The number of rotatable bonds is 3. The summed E-state index contributed by atoms with van der Waals surface area (Å²) in [5, 5.41) is 5.77. The van der Waals surface area contributed by atoms with Crippen LogP contribution in [-0.2, 0) is 0 Å². The number of fused-ring (bicyclic) bond motifs is 3. The summed E-state index contributed by atoms with van der Waals surface area (Å²) < 4.78 is 5.09. The van der Waals surface area contributed by atoms with E-state index in [4.69, 9.17) is 4.42 Å². The number of carbonyl (C=O) groups is 2. The first-order valence-electron chi connectivity index (χ1n) is 10.4. The van der Waals surface area contributed by atoms with Gasteiger partial charge in [0.1, 0.15) is 0 Å². The molecule has 3 amide bonds. The van der Waals surface area contributed by atoms with Crippen LogP contribution in [0.3, 0.4) is 0 Å².